The lowest BCUT2D eigenvalue weighted by atomic mass is 10.0. The molecule has 0 aliphatic rings. The Labute approximate surface area is 340 Å². The Bertz CT molecular complexity index is 1910. The fourth-order valence-electron chi connectivity index (χ4n) is 7.93. The van der Waals surface area contributed by atoms with Crippen molar-refractivity contribution in [2.45, 2.75) is 182 Å². The van der Waals surface area contributed by atoms with Gasteiger partial charge in [-0.2, -0.15) is 0 Å². The highest BCUT2D eigenvalue weighted by molar-refractivity contribution is 7.45. The van der Waals surface area contributed by atoms with Crippen LogP contribution in [0.3, 0.4) is 0 Å². The second kappa shape index (κ2) is 21.3. The lowest BCUT2D eigenvalue weighted by Crippen LogP contribution is -1.87. The molecule has 0 fully saturated rings. The van der Waals surface area contributed by atoms with Crippen LogP contribution < -0.4 is 0 Å². The molecular formula is C46H64S6. The van der Waals surface area contributed by atoms with Crippen molar-refractivity contribution >= 4 is 96.2 Å². The molecule has 6 aromatic heterocycles. The van der Waals surface area contributed by atoms with Gasteiger partial charge in [-0.15, -0.1) is 68.0 Å². The molecule has 0 nitrogen and oxygen atoms in total. The fraction of sp³-hybridized carbons (Fsp3) is 0.609. The van der Waals surface area contributed by atoms with Crippen molar-refractivity contribution < 1.29 is 0 Å². The molecule has 0 saturated carbocycles. The van der Waals surface area contributed by atoms with E-state index in [4.69, 9.17) is 0 Å². The first-order chi connectivity index (χ1) is 25.6. The van der Waals surface area contributed by atoms with Crippen molar-refractivity contribution in [1.82, 2.24) is 0 Å². The zero-order chi connectivity index (χ0) is 36.1. The van der Waals surface area contributed by atoms with E-state index in [0.717, 1.165) is 0 Å². The molecule has 0 N–H and O–H groups in total. The van der Waals surface area contributed by atoms with E-state index < -0.39 is 0 Å². The van der Waals surface area contributed by atoms with Crippen molar-refractivity contribution in [2.24, 2.45) is 0 Å². The Morgan fingerprint density at radius 3 is 1.27 bits per heavy atom. The van der Waals surface area contributed by atoms with Gasteiger partial charge in [0.15, 0.2) is 0 Å². The number of fused-ring (bicyclic) bond motifs is 5. The monoisotopic (exact) mass is 808 g/mol. The molecule has 284 valence electrons. The minimum atomic E-state index is 1.22. The lowest BCUT2D eigenvalue weighted by Gasteiger charge is -2.05. The second-order valence-electron chi connectivity index (χ2n) is 15.4. The highest BCUT2D eigenvalue weighted by Gasteiger charge is 2.24. The van der Waals surface area contributed by atoms with Gasteiger partial charge in [0.25, 0.3) is 0 Å². The Morgan fingerprint density at radius 1 is 0.346 bits per heavy atom. The number of rotatable bonds is 26. The summed E-state index contributed by atoms with van der Waals surface area (Å²) in [5.74, 6) is 0. The minimum Gasteiger partial charge on any atom is -0.140 e. The van der Waals surface area contributed by atoms with E-state index in [2.05, 4.69) is 97.3 Å². The van der Waals surface area contributed by atoms with Gasteiger partial charge in [-0.05, 0) is 74.9 Å². The maximum atomic E-state index is 2.42. The quantitative estimate of drug-likeness (QED) is 0.0479. The molecule has 6 heterocycles. The summed E-state index contributed by atoms with van der Waals surface area (Å²) in [7, 11) is 0. The normalized spacial score (nSPS) is 12.2. The van der Waals surface area contributed by atoms with E-state index >= 15 is 0 Å². The largest absolute Gasteiger partial charge is 0.140 e. The molecular weight excluding hydrogens is 745 g/mol. The van der Waals surface area contributed by atoms with E-state index in [0.29, 0.717) is 0 Å². The van der Waals surface area contributed by atoms with Crippen LogP contribution >= 0.6 is 68.0 Å². The Balaban J connectivity index is 1.12. The van der Waals surface area contributed by atoms with Gasteiger partial charge in [0.05, 0.1) is 28.2 Å². The van der Waals surface area contributed by atoms with Gasteiger partial charge in [-0.1, -0.05) is 142 Å². The molecule has 0 radical (unpaired) electrons. The summed E-state index contributed by atoms with van der Waals surface area (Å²) in [5, 5.41) is 0. The first-order valence-electron chi connectivity index (χ1n) is 21.1. The molecule has 0 saturated heterocycles. The second-order valence-corrected chi connectivity index (χ2v) is 22.0. The molecule has 6 heteroatoms. The number of hydrogen-bond acceptors (Lipinski definition) is 6. The van der Waals surface area contributed by atoms with Crippen LogP contribution in [-0.2, 0) is 12.8 Å². The molecule has 6 aromatic rings. The number of aryl methyl sites for hydroxylation is 4. The SMILES string of the molecule is CCCCCCCCCCCCCc1c(C)sc2c1sc1c3sc(-c4ccc(-c5ccc(C)s5)s4)c(CCCCCCCCCCCCC)c3sc21. The Morgan fingerprint density at radius 2 is 0.750 bits per heavy atom. The topological polar surface area (TPSA) is 0 Å². The standard InChI is InChI=1S/C46H64S6/c1-5-7-9-11-13-15-17-19-21-23-25-27-35-34(4)48-43-41(35)51-46-44-42(52-45(43)46)36(28-26-24-22-20-18-16-14-12-10-8-6-2)40(50-44)39-32-31-38(49-39)37-30-29-33(3)47-37/h29-32H,5-28H2,1-4H3. The lowest BCUT2D eigenvalue weighted by molar-refractivity contribution is 0.549. The van der Waals surface area contributed by atoms with Crippen LogP contribution in [-0.4, -0.2) is 0 Å². The van der Waals surface area contributed by atoms with Gasteiger partial charge < -0.3 is 0 Å². The average Bonchev–Trinajstić information content (AvgIpc) is 3.99. The Kier molecular flexibility index (Phi) is 16.7. The maximum Gasteiger partial charge on any atom is 0.0651 e. The van der Waals surface area contributed by atoms with Crippen LogP contribution in [0.2, 0.25) is 0 Å². The smallest absolute Gasteiger partial charge is 0.0651 e. The molecule has 6 rings (SSSR count). The van der Waals surface area contributed by atoms with E-state index in [1.54, 1.807) is 49.1 Å². The molecule has 0 atom stereocenters. The van der Waals surface area contributed by atoms with Gasteiger partial charge >= 0.3 is 0 Å². The summed E-state index contributed by atoms with van der Waals surface area (Å²) in [6.07, 6.45) is 33.5. The van der Waals surface area contributed by atoms with E-state index in [1.165, 1.54) is 174 Å². The molecule has 0 aromatic carbocycles. The predicted molar refractivity (Wildman–Crippen MR) is 247 cm³/mol. The third-order valence-corrected chi connectivity index (χ3v) is 19.1. The van der Waals surface area contributed by atoms with Gasteiger partial charge in [0, 0.05) is 29.3 Å². The third-order valence-electron chi connectivity index (χ3n) is 11.0. The van der Waals surface area contributed by atoms with Crippen molar-refractivity contribution in [3.63, 3.8) is 0 Å². The zero-order valence-electron chi connectivity index (χ0n) is 32.7. The van der Waals surface area contributed by atoms with Crippen molar-refractivity contribution in [1.29, 1.82) is 0 Å². The van der Waals surface area contributed by atoms with E-state index in [1.807, 2.05) is 22.7 Å². The summed E-state index contributed by atoms with van der Waals surface area (Å²) in [6, 6.07) is 9.39. The van der Waals surface area contributed by atoms with Crippen molar-refractivity contribution in [3.8, 4) is 19.5 Å². The molecule has 0 bridgehead atoms. The third kappa shape index (κ3) is 10.6. The van der Waals surface area contributed by atoms with Gasteiger partial charge in [-0.25, -0.2) is 0 Å². The summed E-state index contributed by atoms with van der Waals surface area (Å²) in [5.41, 5.74) is 3.33. The molecule has 0 unspecified atom stereocenters. The first-order valence-corrected chi connectivity index (χ1v) is 26.0. The molecule has 0 aliphatic heterocycles. The molecule has 52 heavy (non-hydrogen) atoms. The molecule has 0 amide bonds. The summed E-state index contributed by atoms with van der Waals surface area (Å²) in [6.45, 7) is 9.25. The van der Waals surface area contributed by atoms with Gasteiger partial charge in [0.2, 0.25) is 0 Å². The van der Waals surface area contributed by atoms with Crippen LogP contribution in [0.4, 0.5) is 0 Å². The number of unbranched alkanes of at least 4 members (excludes halogenated alkanes) is 20. The van der Waals surface area contributed by atoms with Crippen LogP contribution in [0, 0.1) is 13.8 Å². The van der Waals surface area contributed by atoms with E-state index in [-0.39, 0.29) is 0 Å². The van der Waals surface area contributed by atoms with Crippen molar-refractivity contribution in [2.75, 3.05) is 0 Å². The zero-order valence-corrected chi connectivity index (χ0v) is 37.6. The van der Waals surface area contributed by atoms with Gasteiger partial charge in [-0.3, -0.25) is 0 Å². The number of hydrogen-bond donors (Lipinski definition) is 0. The Hall–Kier alpha value is -1.02. The summed E-state index contributed by atoms with van der Waals surface area (Å²) in [4.78, 5) is 8.86. The fourth-order valence-corrected chi connectivity index (χ4v) is 16.2. The van der Waals surface area contributed by atoms with Gasteiger partial charge in [0.1, 0.15) is 0 Å². The highest BCUT2D eigenvalue weighted by Crippen LogP contribution is 2.55. The molecule has 0 aliphatic carbocycles. The van der Waals surface area contributed by atoms with Crippen molar-refractivity contribution in [3.05, 3.63) is 45.1 Å². The first kappa shape index (κ1) is 40.6. The molecule has 0 spiro atoms. The van der Waals surface area contributed by atoms with Crippen LogP contribution in [0.1, 0.15) is 176 Å². The number of thiophene rings is 6. The van der Waals surface area contributed by atoms with E-state index in [9.17, 15) is 0 Å². The summed E-state index contributed by atoms with van der Waals surface area (Å²) < 4.78 is 9.58. The van der Waals surface area contributed by atoms with Crippen LogP contribution in [0.25, 0.3) is 47.7 Å². The van der Waals surface area contributed by atoms with Crippen LogP contribution in [0.5, 0.6) is 0 Å². The summed E-state index contributed by atoms with van der Waals surface area (Å²) >= 11 is 12.4. The maximum absolute atomic E-state index is 2.42. The highest BCUT2D eigenvalue weighted by atomic mass is 32.1. The average molecular weight is 809 g/mol. The predicted octanol–water partition coefficient (Wildman–Crippen LogP) is 19.2. The minimum absolute atomic E-state index is 1.22. The van der Waals surface area contributed by atoms with Crippen LogP contribution in [0.15, 0.2) is 24.3 Å².